The number of hydrogen-bond acceptors (Lipinski definition) is 3. The Morgan fingerprint density at radius 3 is 2.71 bits per heavy atom. The molecule has 2 aromatic carbocycles. The van der Waals surface area contributed by atoms with E-state index in [-0.39, 0.29) is 17.9 Å². The molecule has 1 amide bonds. The molecular formula is C23H26N2O3. The zero-order chi connectivity index (χ0) is 19.5. The highest BCUT2D eigenvalue weighted by atomic mass is 16.5. The summed E-state index contributed by atoms with van der Waals surface area (Å²) in [5, 5.41) is 4.30. The summed E-state index contributed by atoms with van der Waals surface area (Å²) in [6.07, 6.45) is 3.14. The van der Waals surface area contributed by atoms with Crippen molar-refractivity contribution in [2.45, 2.75) is 32.7 Å². The smallest absolute Gasteiger partial charge is 0.224 e. The molecule has 0 fully saturated rings. The van der Waals surface area contributed by atoms with E-state index in [1.165, 1.54) is 0 Å². The Bertz CT molecular complexity index is 977. The Labute approximate surface area is 165 Å². The Balaban J connectivity index is 1.52. The van der Waals surface area contributed by atoms with Crippen LogP contribution < -0.4 is 14.8 Å². The summed E-state index contributed by atoms with van der Waals surface area (Å²) in [7, 11) is 0. The summed E-state index contributed by atoms with van der Waals surface area (Å²) < 4.78 is 11.5. The van der Waals surface area contributed by atoms with E-state index in [4.69, 9.17) is 9.47 Å². The molecule has 0 aliphatic carbocycles. The topological polar surface area (TPSA) is 63.4 Å². The van der Waals surface area contributed by atoms with E-state index in [9.17, 15) is 4.79 Å². The number of ether oxygens (including phenoxy) is 2. The predicted octanol–water partition coefficient (Wildman–Crippen LogP) is 4.39. The van der Waals surface area contributed by atoms with Crippen LogP contribution in [0.5, 0.6) is 11.5 Å². The first kappa shape index (κ1) is 18.4. The molecule has 2 N–H and O–H groups in total. The third-order valence-corrected chi connectivity index (χ3v) is 5.14. The minimum Gasteiger partial charge on any atom is -0.490 e. The van der Waals surface area contributed by atoms with Crippen molar-refractivity contribution in [1.29, 1.82) is 0 Å². The van der Waals surface area contributed by atoms with Crippen LogP contribution >= 0.6 is 0 Å². The highest BCUT2D eigenvalue weighted by Gasteiger charge is 2.21. The van der Waals surface area contributed by atoms with Gasteiger partial charge >= 0.3 is 0 Å². The molecule has 5 nitrogen and oxygen atoms in total. The fraction of sp³-hybridized carbons (Fsp3) is 0.348. The maximum absolute atomic E-state index is 12.8. The van der Waals surface area contributed by atoms with Gasteiger partial charge in [0, 0.05) is 23.5 Å². The van der Waals surface area contributed by atoms with Gasteiger partial charge in [0.05, 0.1) is 25.7 Å². The number of para-hydroxylation sites is 1. The minimum absolute atomic E-state index is 0.00978. The molecule has 1 aliphatic rings. The van der Waals surface area contributed by atoms with Gasteiger partial charge in [0.15, 0.2) is 11.5 Å². The Morgan fingerprint density at radius 1 is 1.11 bits per heavy atom. The molecule has 4 rings (SSSR count). The van der Waals surface area contributed by atoms with E-state index in [1.54, 1.807) is 0 Å². The van der Waals surface area contributed by atoms with E-state index >= 15 is 0 Å². The maximum atomic E-state index is 12.8. The first-order valence-electron chi connectivity index (χ1n) is 9.85. The minimum atomic E-state index is -0.0881. The van der Waals surface area contributed by atoms with Crippen LogP contribution in [0.3, 0.4) is 0 Å². The lowest BCUT2D eigenvalue weighted by atomic mass is 9.95. The van der Waals surface area contributed by atoms with E-state index < -0.39 is 0 Å². The van der Waals surface area contributed by atoms with Gasteiger partial charge in [0.25, 0.3) is 0 Å². The van der Waals surface area contributed by atoms with Crippen LogP contribution in [0.2, 0.25) is 0 Å². The first-order valence-corrected chi connectivity index (χ1v) is 9.85. The van der Waals surface area contributed by atoms with Crippen molar-refractivity contribution in [3.05, 3.63) is 59.8 Å². The normalized spacial score (nSPS) is 14.7. The number of fused-ring (bicyclic) bond motifs is 2. The molecular weight excluding hydrogens is 352 g/mol. The lowest BCUT2D eigenvalue weighted by Gasteiger charge is -2.24. The fourth-order valence-electron chi connectivity index (χ4n) is 3.68. The number of rotatable bonds is 5. The molecule has 0 saturated heterocycles. The molecule has 0 radical (unpaired) electrons. The summed E-state index contributed by atoms with van der Waals surface area (Å²) >= 11 is 0. The average molecular weight is 378 g/mol. The van der Waals surface area contributed by atoms with Gasteiger partial charge in [-0.3, -0.25) is 4.79 Å². The first-order chi connectivity index (χ1) is 13.6. The quantitative estimate of drug-likeness (QED) is 0.692. The number of amides is 1. The van der Waals surface area contributed by atoms with Crippen LogP contribution in [0.25, 0.3) is 10.9 Å². The highest BCUT2D eigenvalue weighted by molar-refractivity contribution is 5.89. The third kappa shape index (κ3) is 3.84. The SMILES string of the molecule is CC(C)[C@H](NC(=O)Cc1c[nH]c2ccccc12)c1ccc2c(c1)OCCCO2. The highest BCUT2D eigenvalue weighted by Crippen LogP contribution is 2.34. The fourth-order valence-corrected chi connectivity index (χ4v) is 3.68. The van der Waals surface area contributed by atoms with Gasteiger partial charge in [-0.25, -0.2) is 0 Å². The molecule has 1 aromatic heterocycles. The van der Waals surface area contributed by atoms with Gasteiger partial charge in [-0.15, -0.1) is 0 Å². The van der Waals surface area contributed by atoms with E-state index in [0.29, 0.717) is 19.6 Å². The van der Waals surface area contributed by atoms with Gasteiger partial charge in [0.1, 0.15) is 0 Å². The van der Waals surface area contributed by atoms with Crippen LogP contribution in [0.15, 0.2) is 48.7 Å². The van der Waals surface area contributed by atoms with Gasteiger partial charge < -0.3 is 19.8 Å². The van der Waals surface area contributed by atoms with Gasteiger partial charge in [-0.2, -0.15) is 0 Å². The van der Waals surface area contributed by atoms with Crippen LogP contribution in [0.1, 0.15) is 37.4 Å². The third-order valence-electron chi connectivity index (χ3n) is 5.14. The maximum Gasteiger partial charge on any atom is 0.224 e. The molecule has 1 atom stereocenters. The second kappa shape index (κ2) is 7.97. The number of carbonyl (C=O) groups excluding carboxylic acids is 1. The number of H-pyrrole nitrogens is 1. The number of aromatic nitrogens is 1. The Morgan fingerprint density at radius 2 is 1.89 bits per heavy atom. The van der Waals surface area contributed by atoms with Crippen LogP contribution in [0, 0.1) is 5.92 Å². The Kier molecular flexibility index (Phi) is 5.24. The summed E-state index contributed by atoms with van der Waals surface area (Å²) in [5.41, 5.74) is 3.09. The van der Waals surface area contributed by atoms with Crippen molar-refractivity contribution in [2.75, 3.05) is 13.2 Å². The van der Waals surface area contributed by atoms with Gasteiger partial charge in [-0.05, 0) is 35.2 Å². The van der Waals surface area contributed by atoms with Crippen LogP contribution in [-0.4, -0.2) is 24.1 Å². The standard InChI is InChI=1S/C23H26N2O3/c1-15(2)23(16-8-9-20-21(12-16)28-11-5-10-27-20)25-22(26)13-17-14-24-19-7-4-3-6-18(17)19/h3-4,6-9,12,14-15,23-24H,5,10-11,13H2,1-2H3,(H,25,26)/t23-/m0/s1. The summed E-state index contributed by atoms with van der Waals surface area (Å²) in [5.74, 6) is 1.78. The van der Waals surface area contributed by atoms with Crippen molar-refractivity contribution >= 4 is 16.8 Å². The largest absolute Gasteiger partial charge is 0.490 e. The second-order valence-corrected chi connectivity index (χ2v) is 7.58. The number of aromatic amines is 1. The van der Waals surface area contributed by atoms with Crippen molar-refractivity contribution in [3.8, 4) is 11.5 Å². The zero-order valence-corrected chi connectivity index (χ0v) is 16.3. The lowest BCUT2D eigenvalue weighted by Crippen LogP contribution is -2.32. The summed E-state index contributed by atoms with van der Waals surface area (Å²) in [6, 6.07) is 13.9. The molecule has 146 valence electrons. The molecule has 3 aromatic rings. The lowest BCUT2D eigenvalue weighted by molar-refractivity contribution is -0.121. The average Bonchev–Trinajstić information content (AvgIpc) is 2.94. The van der Waals surface area contributed by atoms with Crippen molar-refractivity contribution < 1.29 is 14.3 Å². The van der Waals surface area contributed by atoms with Crippen LogP contribution in [-0.2, 0) is 11.2 Å². The summed E-state index contributed by atoms with van der Waals surface area (Å²) in [6.45, 7) is 5.54. The molecule has 0 bridgehead atoms. The molecule has 0 spiro atoms. The number of hydrogen-bond donors (Lipinski definition) is 2. The van der Waals surface area contributed by atoms with Crippen molar-refractivity contribution in [3.63, 3.8) is 0 Å². The number of nitrogens with one attached hydrogen (secondary N) is 2. The monoisotopic (exact) mass is 378 g/mol. The number of carbonyl (C=O) groups is 1. The molecule has 1 aliphatic heterocycles. The van der Waals surface area contributed by atoms with E-state index in [1.807, 2.05) is 48.7 Å². The van der Waals surface area contributed by atoms with Crippen molar-refractivity contribution in [1.82, 2.24) is 10.3 Å². The molecule has 0 saturated carbocycles. The second-order valence-electron chi connectivity index (χ2n) is 7.58. The Hall–Kier alpha value is -2.95. The molecule has 2 heterocycles. The molecule has 0 unspecified atom stereocenters. The predicted molar refractivity (Wildman–Crippen MR) is 110 cm³/mol. The van der Waals surface area contributed by atoms with Crippen LogP contribution in [0.4, 0.5) is 0 Å². The molecule has 5 heteroatoms. The van der Waals surface area contributed by atoms with Crippen molar-refractivity contribution in [2.24, 2.45) is 5.92 Å². The van der Waals surface area contributed by atoms with Gasteiger partial charge in [-0.1, -0.05) is 38.1 Å². The van der Waals surface area contributed by atoms with E-state index in [0.717, 1.165) is 39.9 Å². The van der Waals surface area contributed by atoms with Gasteiger partial charge in [0.2, 0.25) is 5.91 Å². The summed E-state index contributed by atoms with van der Waals surface area (Å²) in [4.78, 5) is 16.0. The van der Waals surface area contributed by atoms with E-state index in [2.05, 4.69) is 24.1 Å². The molecule has 28 heavy (non-hydrogen) atoms. The number of benzene rings is 2. The zero-order valence-electron chi connectivity index (χ0n) is 16.3.